The molecule has 1 unspecified atom stereocenters. The lowest BCUT2D eigenvalue weighted by atomic mass is 10.0. The SMILES string of the molecule is Cc1c(C(C)NC(=O)[C@@H]2C[C@@H](C)CN2C(=O)Cn2nc(C(N)=O)c3cc(-c4ccnnc4)ccc32)oc2ccc(F)cc12. The number of benzene rings is 2. The van der Waals surface area contributed by atoms with Crippen LogP contribution in [0, 0.1) is 18.7 Å². The van der Waals surface area contributed by atoms with Crippen LogP contribution in [0.4, 0.5) is 4.39 Å². The average molecular weight is 584 g/mol. The summed E-state index contributed by atoms with van der Waals surface area (Å²) in [4.78, 5) is 41.0. The highest BCUT2D eigenvalue weighted by atomic mass is 19.1. The van der Waals surface area contributed by atoms with Gasteiger partial charge in [0.05, 0.1) is 24.0 Å². The van der Waals surface area contributed by atoms with E-state index in [2.05, 4.69) is 20.6 Å². The van der Waals surface area contributed by atoms with Crippen molar-refractivity contribution in [2.45, 2.75) is 45.8 Å². The van der Waals surface area contributed by atoms with E-state index in [0.29, 0.717) is 40.6 Å². The molecular formula is C31H30FN7O4. The summed E-state index contributed by atoms with van der Waals surface area (Å²) in [6, 6.07) is 10.3. The Morgan fingerprint density at radius 2 is 1.93 bits per heavy atom. The number of aryl methyl sites for hydroxylation is 1. The smallest absolute Gasteiger partial charge is 0.269 e. The fourth-order valence-corrected chi connectivity index (χ4v) is 5.91. The fraction of sp³-hybridized carbons (Fsp3) is 0.290. The third kappa shape index (κ3) is 5.20. The topological polar surface area (TPSA) is 149 Å². The van der Waals surface area contributed by atoms with E-state index in [1.54, 1.807) is 48.5 Å². The van der Waals surface area contributed by atoms with Crippen molar-refractivity contribution >= 4 is 39.6 Å². The number of halogens is 1. The highest BCUT2D eigenvalue weighted by Crippen LogP contribution is 2.31. The molecule has 3 aromatic heterocycles. The van der Waals surface area contributed by atoms with Crippen LogP contribution in [0.2, 0.25) is 0 Å². The number of nitrogens with one attached hydrogen (secondary N) is 1. The quantitative estimate of drug-likeness (QED) is 0.295. The number of carbonyl (C=O) groups excluding carboxylic acids is 3. The molecule has 0 saturated carbocycles. The number of carbonyl (C=O) groups is 3. The number of hydrogen-bond donors (Lipinski definition) is 2. The minimum atomic E-state index is -0.717. The van der Waals surface area contributed by atoms with Crippen molar-refractivity contribution in [3.63, 3.8) is 0 Å². The van der Waals surface area contributed by atoms with E-state index >= 15 is 0 Å². The molecule has 0 aliphatic carbocycles. The number of amides is 3. The minimum absolute atomic E-state index is 0.0469. The number of likely N-dealkylation sites (tertiary alicyclic amines) is 1. The first-order valence-electron chi connectivity index (χ1n) is 14.0. The van der Waals surface area contributed by atoms with Gasteiger partial charge in [-0.3, -0.25) is 19.1 Å². The van der Waals surface area contributed by atoms with Crippen molar-refractivity contribution in [3.8, 4) is 11.1 Å². The molecule has 2 aromatic carbocycles. The number of aromatic nitrogens is 4. The number of furan rings is 1. The fourth-order valence-electron chi connectivity index (χ4n) is 5.91. The summed E-state index contributed by atoms with van der Waals surface area (Å²) in [5.74, 6) is -1.08. The van der Waals surface area contributed by atoms with Gasteiger partial charge in [0.1, 0.15) is 29.7 Å². The second-order valence-electron chi connectivity index (χ2n) is 11.1. The molecule has 3 amide bonds. The van der Waals surface area contributed by atoms with Gasteiger partial charge in [-0.25, -0.2) is 4.39 Å². The van der Waals surface area contributed by atoms with Crippen molar-refractivity contribution in [2.75, 3.05) is 6.54 Å². The van der Waals surface area contributed by atoms with E-state index < -0.39 is 18.0 Å². The van der Waals surface area contributed by atoms with Gasteiger partial charge in [-0.1, -0.05) is 13.0 Å². The molecular weight excluding hydrogens is 553 g/mol. The molecule has 3 N–H and O–H groups in total. The molecule has 0 spiro atoms. The maximum absolute atomic E-state index is 13.8. The molecule has 0 bridgehead atoms. The van der Waals surface area contributed by atoms with Crippen molar-refractivity contribution in [3.05, 3.63) is 77.7 Å². The standard InChI is InChI=1S/C31H30FN7O4/c1-16-10-25(31(42)36-18(3)29-17(2)22-12-21(32)5-7-26(22)43-29)38(14-16)27(40)15-39-24-6-4-19(20-8-9-34-35-13-20)11-23(24)28(37-39)30(33)41/h4-9,11-13,16,18,25H,10,14-15H2,1-3H3,(H2,33,41)(H,36,42)/t16-,18?,25+/m1/s1. The van der Waals surface area contributed by atoms with Crippen molar-refractivity contribution in [2.24, 2.45) is 11.7 Å². The Labute approximate surface area is 245 Å². The number of nitrogens with zero attached hydrogens (tertiary/aromatic N) is 5. The van der Waals surface area contributed by atoms with Crippen molar-refractivity contribution < 1.29 is 23.2 Å². The van der Waals surface area contributed by atoms with Crippen LogP contribution >= 0.6 is 0 Å². The molecule has 1 aliphatic heterocycles. The predicted octanol–water partition coefficient (Wildman–Crippen LogP) is 3.90. The highest BCUT2D eigenvalue weighted by molar-refractivity contribution is 6.05. The molecule has 1 aliphatic rings. The molecule has 1 fully saturated rings. The third-order valence-corrected chi connectivity index (χ3v) is 8.01. The number of hydrogen-bond acceptors (Lipinski definition) is 7. The van der Waals surface area contributed by atoms with Crippen LogP contribution in [-0.2, 0) is 16.1 Å². The van der Waals surface area contributed by atoms with E-state index in [1.807, 2.05) is 19.9 Å². The van der Waals surface area contributed by atoms with Crippen molar-refractivity contribution in [1.29, 1.82) is 0 Å². The van der Waals surface area contributed by atoms with E-state index in [0.717, 1.165) is 16.7 Å². The number of rotatable bonds is 7. The van der Waals surface area contributed by atoms with Gasteiger partial charge in [0.25, 0.3) is 5.91 Å². The Kier molecular flexibility index (Phi) is 7.12. The minimum Gasteiger partial charge on any atom is -0.459 e. The number of nitrogens with two attached hydrogens (primary N) is 1. The monoisotopic (exact) mass is 583 g/mol. The van der Waals surface area contributed by atoms with Gasteiger partial charge in [-0.15, -0.1) is 0 Å². The first-order chi connectivity index (χ1) is 20.6. The number of fused-ring (bicyclic) bond motifs is 2. The maximum Gasteiger partial charge on any atom is 0.269 e. The Morgan fingerprint density at radius 1 is 1.12 bits per heavy atom. The molecule has 43 heavy (non-hydrogen) atoms. The van der Waals surface area contributed by atoms with Gasteiger partial charge in [0.2, 0.25) is 11.8 Å². The molecule has 1 saturated heterocycles. The lowest BCUT2D eigenvalue weighted by Gasteiger charge is -2.25. The number of primary amides is 1. The van der Waals surface area contributed by atoms with Gasteiger partial charge in [0.15, 0.2) is 5.69 Å². The molecule has 12 heteroatoms. The molecule has 11 nitrogen and oxygen atoms in total. The van der Waals surface area contributed by atoms with Crippen LogP contribution in [0.25, 0.3) is 33.0 Å². The summed E-state index contributed by atoms with van der Waals surface area (Å²) in [5, 5.41) is 16.2. The van der Waals surface area contributed by atoms with E-state index in [9.17, 15) is 18.8 Å². The molecule has 6 rings (SSSR count). The summed E-state index contributed by atoms with van der Waals surface area (Å²) in [6.07, 6.45) is 3.67. The second kappa shape index (κ2) is 10.9. The van der Waals surface area contributed by atoms with Crippen molar-refractivity contribution in [1.82, 2.24) is 30.2 Å². The molecule has 0 radical (unpaired) electrons. The zero-order chi connectivity index (χ0) is 30.4. The zero-order valence-corrected chi connectivity index (χ0v) is 23.9. The predicted molar refractivity (Wildman–Crippen MR) is 156 cm³/mol. The van der Waals surface area contributed by atoms with Crippen LogP contribution in [0.1, 0.15) is 48.1 Å². The van der Waals surface area contributed by atoms with Gasteiger partial charge in [-0.05, 0) is 68.1 Å². The van der Waals surface area contributed by atoms with Crippen LogP contribution in [0.15, 0.2) is 59.3 Å². The van der Waals surface area contributed by atoms with Crippen LogP contribution in [0.3, 0.4) is 0 Å². The average Bonchev–Trinajstić information content (AvgIpc) is 3.66. The molecule has 220 valence electrons. The molecule has 4 heterocycles. The first kappa shape index (κ1) is 28.0. The van der Waals surface area contributed by atoms with Crippen LogP contribution in [-0.4, -0.2) is 55.2 Å². The lowest BCUT2D eigenvalue weighted by Crippen LogP contribution is -2.47. The third-order valence-electron chi connectivity index (χ3n) is 8.01. The summed E-state index contributed by atoms with van der Waals surface area (Å²) in [7, 11) is 0. The normalized spacial score (nSPS) is 17.4. The molecule has 3 atom stereocenters. The van der Waals surface area contributed by atoms with E-state index in [-0.39, 0.29) is 35.8 Å². The van der Waals surface area contributed by atoms with Crippen LogP contribution in [0.5, 0.6) is 0 Å². The summed E-state index contributed by atoms with van der Waals surface area (Å²) in [5.41, 5.74) is 9.12. The Balaban J connectivity index is 1.23. The van der Waals surface area contributed by atoms with Gasteiger partial charge < -0.3 is 20.4 Å². The summed E-state index contributed by atoms with van der Waals surface area (Å²) >= 11 is 0. The summed E-state index contributed by atoms with van der Waals surface area (Å²) in [6.45, 7) is 5.82. The van der Waals surface area contributed by atoms with E-state index in [4.69, 9.17) is 10.2 Å². The molecule has 5 aromatic rings. The van der Waals surface area contributed by atoms with E-state index in [1.165, 1.54) is 16.8 Å². The van der Waals surface area contributed by atoms with Gasteiger partial charge in [0, 0.05) is 28.4 Å². The second-order valence-corrected chi connectivity index (χ2v) is 11.1. The highest BCUT2D eigenvalue weighted by Gasteiger charge is 2.39. The first-order valence-corrected chi connectivity index (χ1v) is 14.0. The Morgan fingerprint density at radius 3 is 2.67 bits per heavy atom. The Hall–Kier alpha value is -5.13. The maximum atomic E-state index is 13.8. The summed E-state index contributed by atoms with van der Waals surface area (Å²) < 4.78 is 21.2. The zero-order valence-electron chi connectivity index (χ0n) is 23.9. The largest absolute Gasteiger partial charge is 0.459 e. The Bertz CT molecular complexity index is 1880. The van der Waals surface area contributed by atoms with Gasteiger partial charge >= 0.3 is 0 Å². The van der Waals surface area contributed by atoms with Gasteiger partial charge in [-0.2, -0.15) is 15.3 Å². The van der Waals surface area contributed by atoms with Crippen LogP contribution < -0.4 is 11.1 Å². The lowest BCUT2D eigenvalue weighted by molar-refractivity contribution is -0.139.